The summed E-state index contributed by atoms with van der Waals surface area (Å²) in [6.07, 6.45) is 0. The van der Waals surface area contributed by atoms with Crippen molar-refractivity contribution in [1.29, 1.82) is 0 Å². The lowest BCUT2D eigenvalue weighted by Crippen LogP contribution is -2.41. The normalized spacial score (nSPS) is 21.3. The van der Waals surface area contributed by atoms with Crippen LogP contribution in [0.15, 0.2) is 24.3 Å². The molecule has 0 amide bonds. The van der Waals surface area contributed by atoms with Gasteiger partial charge >= 0.3 is 0 Å². The van der Waals surface area contributed by atoms with E-state index >= 15 is 0 Å². The lowest BCUT2D eigenvalue weighted by Gasteiger charge is -2.23. The third-order valence-electron chi connectivity index (χ3n) is 2.25. The number of ether oxygens (including phenoxy) is 1. The summed E-state index contributed by atoms with van der Waals surface area (Å²) in [5, 5.41) is 4.15. The van der Waals surface area contributed by atoms with E-state index in [0.29, 0.717) is 12.6 Å². The Kier molecular flexibility index (Phi) is 4.18. The van der Waals surface area contributed by atoms with Crippen molar-refractivity contribution < 1.29 is 4.74 Å². The summed E-state index contributed by atoms with van der Waals surface area (Å²) < 4.78 is 5.67. The summed E-state index contributed by atoms with van der Waals surface area (Å²) in [6.45, 7) is 1.79. The molecule has 1 aromatic rings. The van der Waals surface area contributed by atoms with Crippen LogP contribution in [-0.4, -0.2) is 30.7 Å². The van der Waals surface area contributed by atoms with Crippen LogP contribution in [-0.2, 0) is 0 Å². The van der Waals surface area contributed by atoms with Crippen LogP contribution < -0.4 is 10.1 Å². The van der Waals surface area contributed by atoms with Crippen LogP contribution in [0.25, 0.3) is 0 Å². The molecule has 1 fully saturated rings. The molecule has 4 heteroatoms. The fraction of sp³-hybridized carbons (Fsp3) is 0.455. The number of benzene rings is 1. The number of hydrogen-bond donors (Lipinski definition) is 1. The topological polar surface area (TPSA) is 21.3 Å². The Balaban J connectivity index is 1.81. The second-order valence-electron chi connectivity index (χ2n) is 3.49. The Labute approximate surface area is 99.3 Å². The van der Waals surface area contributed by atoms with E-state index in [9.17, 15) is 0 Å². The molecule has 1 unspecified atom stereocenters. The zero-order chi connectivity index (χ0) is 10.5. The van der Waals surface area contributed by atoms with E-state index in [1.54, 1.807) is 0 Å². The van der Waals surface area contributed by atoms with Gasteiger partial charge in [-0.05, 0) is 18.2 Å². The van der Waals surface area contributed by atoms with Gasteiger partial charge < -0.3 is 10.1 Å². The largest absolute Gasteiger partial charge is 0.492 e. The molecule has 1 aliphatic rings. The van der Waals surface area contributed by atoms with Gasteiger partial charge in [0.2, 0.25) is 0 Å². The average molecular weight is 244 g/mol. The first-order valence-electron chi connectivity index (χ1n) is 5.04. The minimum Gasteiger partial charge on any atom is -0.492 e. The van der Waals surface area contributed by atoms with Gasteiger partial charge in [0.25, 0.3) is 0 Å². The molecule has 0 spiro atoms. The molecule has 2 nitrogen and oxygen atoms in total. The highest BCUT2D eigenvalue weighted by molar-refractivity contribution is 7.99. The summed E-state index contributed by atoms with van der Waals surface area (Å²) in [5.41, 5.74) is 0. The van der Waals surface area contributed by atoms with Gasteiger partial charge in [0.15, 0.2) is 0 Å². The molecule has 0 aromatic heterocycles. The van der Waals surface area contributed by atoms with Crippen molar-refractivity contribution >= 4 is 23.4 Å². The number of thioether (sulfide) groups is 1. The zero-order valence-electron chi connectivity index (χ0n) is 8.41. The zero-order valence-corrected chi connectivity index (χ0v) is 9.98. The van der Waals surface area contributed by atoms with E-state index in [2.05, 4.69) is 5.32 Å². The van der Waals surface area contributed by atoms with Crippen LogP contribution in [0.5, 0.6) is 5.75 Å². The molecule has 0 bridgehead atoms. The van der Waals surface area contributed by atoms with E-state index in [4.69, 9.17) is 16.3 Å². The van der Waals surface area contributed by atoms with Gasteiger partial charge in [0.1, 0.15) is 12.4 Å². The van der Waals surface area contributed by atoms with Crippen molar-refractivity contribution in [2.75, 3.05) is 24.7 Å². The molecular weight excluding hydrogens is 230 g/mol. The van der Waals surface area contributed by atoms with Crippen LogP contribution >= 0.6 is 23.4 Å². The van der Waals surface area contributed by atoms with Gasteiger partial charge in [-0.1, -0.05) is 17.7 Å². The maximum absolute atomic E-state index is 5.87. The first-order valence-corrected chi connectivity index (χ1v) is 6.57. The number of rotatable bonds is 3. The Hall–Kier alpha value is -0.380. The van der Waals surface area contributed by atoms with Gasteiger partial charge in [0.05, 0.1) is 6.04 Å². The molecule has 82 valence electrons. The molecule has 1 aliphatic heterocycles. The molecule has 0 saturated carbocycles. The van der Waals surface area contributed by atoms with Gasteiger partial charge in [-0.3, -0.25) is 0 Å². The van der Waals surface area contributed by atoms with Crippen LogP contribution in [0, 0.1) is 0 Å². The third kappa shape index (κ3) is 3.59. The van der Waals surface area contributed by atoms with Gasteiger partial charge in [-0.2, -0.15) is 11.8 Å². The highest BCUT2D eigenvalue weighted by Gasteiger charge is 2.13. The monoisotopic (exact) mass is 243 g/mol. The van der Waals surface area contributed by atoms with E-state index in [1.807, 2.05) is 36.0 Å². The maximum atomic E-state index is 5.87. The first-order chi connectivity index (χ1) is 7.34. The van der Waals surface area contributed by atoms with E-state index in [-0.39, 0.29) is 0 Å². The van der Waals surface area contributed by atoms with Crippen LogP contribution in [0.2, 0.25) is 5.02 Å². The second kappa shape index (κ2) is 5.64. The molecule has 2 rings (SSSR count). The van der Waals surface area contributed by atoms with Gasteiger partial charge in [-0.15, -0.1) is 0 Å². The Morgan fingerprint density at radius 2 is 2.47 bits per heavy atom. The molecule has 15 heavy (non-hydrogen) atoms. The van der Waals surface area contributed by atoms with Crippen molar-refractivity contribution in [3.8, 4) is 5.75 Å². The fourth-order valence-corrected chi connectivity index (χ4v) is 2.59. The van der Waals surface area contributed by atoms with Crippen molar-refractivity contribution in [2.45, 2.75) is 6.04 Å². The maximum Gasteiger partial charge on any atom is 0.120 e. The predicted molar refractivity (Wildman–Crippen MR) is 66.1 cm³/mol. The Bertz CT molecular complexity index is 315. The van der Waals surface area contributed by atoms with Gasteiger partial charge in [0, 0.05) is 23.1 Å². The van der Waals surface area contributed by atoms with Crippen LogP contribution in [0.4, 0.5) is 0 Å². The molecule has 1 aromatic carbocycles. The van der Waals surface area contributed by atoms with Crippen molar-refractivity contribution in [3.05, 3.63) is 29.3 Å². The van der Waals surface area contributed by atoms with Crippen LogP contribution in [0.1, 0.15) is 0 Å². The summed E-state index contributed by atoms with van der Waals surface area (Å²) in [5.74, 6) is 3.17. The smallest absolute Gasteiger partial charge is 0.120 e. The summed E-state index contributed by atoms with van der Waals surface area (Å²) in [4.78, 5) is 0. The standard InChI is InChI=1S/C11H14ClNOS/c12-9-2-1-3-11(6-9)14-7-10-8-15-5-4-13-10/h1-3,6,10,13H,4-5,7-8H2. The lowest BCUT2D eigenvalue weighted by molar-refractivity contribution is 0.276. The van der Waals surface area contributed by atoms with E-state index < -0.39 is 0 Å². The Morgan fingerprint density at radius 1 is 1.53 bits per heavy atom. The predicted octanol–water partition coefficient (Wildman–Crippen LogP) is 2.42. The number of hydrogen-bond acceptors (Lipinski definition) is 3. The van der Waals surface area contributed by atoms with Crippen molar-refractivity contribution in [2.24, 2.45) is 0 Å². The molecule has 0 aliphatic carbocycles. The Morgan fingerprint density at radius 3 is 3.20 bits per heavy atom. The second-order valence-corrected chi connectivity index (χ2v) is 5.08. The molecular formula is C11H14ClNOS. The summed E-state index contributed by atoms with van der Waals surface area (Å²) >= 11 is 7.84. The number of halogens is 1. The van der Waals surface area contributed by atoms with Crippen molar-refractivity contribution in [1.82, 2.24) is 5.32 Å². The van der Waals surface area contributed by atoms with Crippen molar-refractivity contribution in [3.63, 3.8) is 0 Å². The van der Waals surface area contributed by atoms with E-state index in [0.717, 1.165) is 23.1 Å². The summed E-state index contributed by atoms with van der Waals surface area (Å²) in [7, 11) is 0. The minimum absolute atomic E-state index is 0.461. The molecule has 1 N–H and O–H groups in total. The highest BCUT2D eigenvalue weighted by atomic mass is 35.5. The molecule has 1 saturated heterocycles. The highest BCUT2D eigenvalue weighted by Crippen LogP contribution is 2.17. The third-order valence-corrected chi connectivity index (χ3v) is 3.61. The van der Waals surface area contributed by atoms with Gasteiger partial charge in [-0.25, -0.2) is 0 Å². The molecule has 1 heterocycles. The average Bonchev–Trinajstić information content (AvgIpc) is 2.28. The molecule has 1 atom stereocenters. The minimum atomic E-state index is 0.461. The summed E-state index contributed by atoms with van der Waals surface area (Å²) in [6, 6.07) is 7.99. The molecule has 0 radical (unpaired) electrons. The quantitative estimate of drug-likeness (QED) is 0.881. The first kappa shape index (κ1) is 11.1. The van der Waals surface area contributed by atoms with E-state index in [1.165, 1.54) is 5.75 Å². The fourth-order valence-electron chi connectivity index (χ4n) is 1.48. The lowest BCUT2D eigenvalue weighted by atomic mass is 10.3. The SMILES string of the molecule is Clc1cccc(OCC2CSCCN2)c1. The van der Waals surface area contributed by atoms with Crippen LogP contribution in [0.3, 0.4) is 0 Å². The number of nitrogens with one attached hydrogen (secondary N) is 1.